The quantitative estimate of drug-likeness (QED) is 0.368. The summed E-state index contributed by atoms with van der Waals surface area (Å²) in [5.41, 5.74) is 3.99. The number of furan rings is 1. The molecule has 4 heteroatoms. The second kappa shape index (κ2) is 5.88. The van der Waals surface area contributed by atoms with Crippen LogP contribution in [0.15, 0.2) is 60.6 Å². The van der Waals surface area contributed by atoms with Gasteiger partial charge in [0.1, 0.15) is 16.9 Å². The van der Waals surface area contributed by atoms with E-state index < -0.39 is 0 Å². The molecule has 4 aromatic rings. The minimum absolute atomic E-state index is 0.374. The SMILES string of the molecule is Cc1c(-c2cc(=O)oc3ccc(C(C)C)cc23)oc2ccc(Br)cc12. The second-order valence-corrected chi connectivity index (χ2v) is 7.50. The fourth-order valence-corrected chi connectivity index (χ4v) is 3.54. The van der Waals surface area contributed by atoms with Crippen molar-refractivity contribution in [2.75, 3.05) is 0 Å². The first-order chi connectivity index (χ1) is 11.9. The van der Waals surface area contributed by atoms with Gasteiger partial charge in [-0.2, -0.15) is 0 Å². The van der Waals surface area contributed by atoms with Gasteiger partial charge in [0, 0.05) is 32.4 Å². The summed E-state index contributed by atoms with van der Waals surface area (Å²) in [5, 5.41) is 1.93. The summed E-state index contributed by atoms with van der Waals surface area (Å²) in [4.78, 5) is 12.1. The molecular weight excluding hydrogens is 380 g/mol. The molecule has 0 amide bonds. The molecule has 0 bridgehead atoms. The molecule has 0 spiro atoms. The topological polar surface area (TPSA) is 43.4 Å². The van der Waals surface area contributed by atoms with Crippen molar-refractivity contribution in [2.45, 2.75) is 26.7 Å². The lowest BCUT2D eigenvalue weighted by molar-refractivity contribution is 0.559. The maximum Gasteiger partial charge on any atom is 0.336 e. The van der Waals surface area contributed by atoms with Gasteiger partial charge in [0.15, 0.2) is 0 Å². The van der Waals surface area contributed by atoms with Crippen LogP contribution >= 0.6 is 15.9 Å². The number of hydrogen-bond acceptors (Lipinski definition) is 3. The Labute approximate surface area is 153 Å². The lowest BCUT2D eigenvalue weighted by Crippen LogP contribution is -1.99. The maximum atomic E-state index is 12.1. The van der Waals surface area contributed by atoms with Crippen LogP contribution in [0.4, 0.5) is 0 Å². The minimum atomic E-state index is -0.374. The van der Waals surface area contributed by atoms with Crippen molar-refractivity contribution in [3.05, 3.63) is 68.5 Å². The molecule has 25 heavy (non-hydrogen) atoms. The number of hydrogen-bond donors (Lipinski definition) is 0. The molecule has 2 heterocycles. The zero-order chi connectivity index (χ0) is 17.7. The summed E-state index contributed by atoms with van der Waals surface area (Å²) < 4.78 is 12.5. The van der Waals surface area contributed by atoms with Gasteiger partial charge in [-0.3, -0.25) is 0 Å². The fraction of sp³-hybridized carbons (Fsp3) is 0.190. The van der Waals surface area contributed by atoms with Crippen molar-refractivity contribution in [1.29, 1.82) is 0 Å². The van der Waals surface area contributed by atoms with Crippen molar-refractivity contribution in [1.82, 2.24) is 0 Å². The van der Waals surface area contributed by atoms with Crippen LogP contribution in [-0.4, -0.2) is 0 Å². The van der Waals surface area contributed by atoms with Crippen LogP contribution in [0.5, 0.6) is 0 Å². The van der Waals surface area contributed by atoms with Crippen molar-refractivity contribution in [3.63, 3.8) is 0 Å². The largest absolute Gasteiger partial charge is 0.456 e. The van der Waals surface area contributed by atoms with E-state index in [1.165, 1.54) is 11.6 Å². The Morgan fingerprint density at radius 2 is 1.64 bits per heavy atom. The molecule has 0 saturated carbocycles. The fourth-order valence-electron chi connectivity index (χ4n) is 3.18. The van der Waals surface area contributed by atoms with E-state index in [-0.39, 0.29) is 5.63 Å². The van der Waals surface area contributed by atoms with E-state index >= 15 is 0 Å². The van der Waals surface area contributed by atoms with Gasteiger partial charge in [0.05, 0.1) is 0 Å². The Balaban J connectivity index is 2.08. The summed E-state index contributed by atoms with van der Waals surface area (Å²) in [6, 6.07) is 13.4. The molecule has 0 aliphatic carbocycles. The summed E-state index contributed by atoms with van der Waals surface area (Å²) >= 11 is 3.50. The molecule has 4 rings (SSSR count). The van der Waals surface area contributed by atoms with E-state index in [4.69, 9.17) is 8.83 Å². The van der Waals surface area contributed by atoms with Crippen LogP contribution in [0.1, 0.15) is 30.9 Å². The number of benzene rings is 2. The van der Waals surface area contributed by atoms with Crippen molar-refractivity contribution < 1.29 is 8.83 Å². The highest BCUT2D eigenvalue weighted by atomic mass is 79.9. The molecule has 0 atom stereocenters. The number of fused-ring (bicyclic) bond motifs is 2. The van der Waals surface area contributed by atoms with Crippen LogP contribution in [0.3, 0.4) is 0 Å². The molecule has 0 saturated heterocycles. The van der Waals surface area contributed by atoms with E-state index in [0.29, 0.717) is 17.3 Å². The van der Waals surface area contributed by atoms with Crippen LogP contribution in [0.25, 0.3) is 33.3 Å². The van der Waals surface area contributed by atoms with Gasteiger partial charge in [-0.15, -0.1) is 0 Å². The minimum Gasteiger partial charge on any atom is -0.456 e. The maximum absolute atomic E-state index is 12.1. The Bertz CT molecular complexity index is 1170. The average Bonchev–Trinajstić information content (AvgIpc) is 2.90. The Kier molecular flexibility index (Phi) is 3.80. The number of halogens is 1. The summed E-state index contributed by atoms with van der Waals surface area (Å²) in [5.74, 6) is 1.10. The third kappa shape index (κ3) is 2.71. The highest BCUT2D eigenvalue weighted by Crippen LogP contribution is 2.37. The first-order valence-electron chi connectivity index (χ1n) is 8.21. The molecule has 0 N–H and O–H groups in total. The lowest BCUT2D eigenvalue weighted by Gasteiger charge is -2.09. The summed E-state index contributed by atoms with van der Waals surface area (Å²) in [6.45, 7) is 6.30. The van der Waals surface area contributed by atoms with Gasteiger partial charge < -0.3 is 8.83 Å². The molecular formula is C21H17BrO3. The predicted molar refractivity (Wildman–Crippen MR) is 104 cm³/mol. The second-order valence-electron chi connectivity index (χ2n) is 6.59. The summed E-state index contributed by atoms with van der Waals surface area (Å²) in [6.07, 6.45) is 0. The monoisotopic (exact) mass is 396 g/mol. The molecule has 0 unspecified atom stereocenters. The van der Waals surface area contributed by atoms with Crippen molar-refractivity contribution >= 4 is 37.9 Å². The highest BCUT2D eigenvalue weighted by Gasteiger charge is 2.17. The molecule has 0 radical (unpaired) electrons. The van der Waals surface area contributed by atoms with Gasteiger partial charge in [0.2, 0.25) is 0 Å². The predicted octanol–water partition coefficient (Wildman–Crippen LogP) is 6.40. The third-order valence-electron chi connectivity index (χ3n) is 4.58. The van der Waals surface area contributed by atoms with E-state index in [9.17, 15) is 4.79 Å². The Hall–Kier alpha value is -2.33. The van der Waals surface area contributed by atoms with E-state index in [2.05, 4.69) is 35.8 Å². The Morgan fingerprint density at radius 1 is 0.920 bits per heavy atom. The first-order valence-corrected chi connectivity index (χ1v) is 9.00. The van der Waals surface area contributed by atoms with Gasteiger partial charge in [-0.25, -0.2) is 4.79 Å². The molecule has 126 valence electrons. The smallest absolute Gasteiger partial charge is 0.336 e. The van der Waals surface area contributed by atoms with Crippen LogP contribution in [-0.2, 0) is 0 Å². The standard InChI is InChI=1S/C21H17BrO3/c1-11(2)13-4-6-19-16(8-13)17(10-20(23)24-19)21-12(3)15-9-14(22)5-7-18(15)25-21/h4-11H,1-3H3. The molecule has 0 aliphatic rings. The van der Waals surface area contributed by atoms with Crippen LogP contribution < -0.4 is 5.63 Å². The van der Waals surface area contributed by atoms with E-state index in [1.54, 1.807) is 0 Å². The molecule has 2 aromatic carbocycles. The van der Waals surface area contributed by atoms with Crippen LogP contribution in [0.2, 0.25) is 0 Å². The zero-order valence-electron chi connectivity index (χ0n) is 14.2. The first kappa shape index (κ1) is 16.2. The highest BCUT2D eigenvalue weighted by molar-refractivity contribution is 9.10. The number of aryl methyl sites for hydroxylation is 1. The molecule has 2 aromatic heterocycles. The van der Waals surface area contributed by atoms with Gasteiger partial charge in [0.25, 0.3) is 0 Å². The van der Waals surface area contributed by atoms with E-state index in [1.807, 2.05) is 37.3 Å². The third-order valence-corrected chi connectivity index (χ3v) is 5.07. The van der Waals surface area contributed by atoms with Gasteiger partial charge in [-0.1, -0.05) is 35.8 Å². The van der Waals surface area contributed by atoms with Crippen molar-refractivity contribution in [3.8, 4) is 11.3 Å². The number of rotatable bonds is 2. The zero-order valence-corrected chi connectivity index (χ0v) is 15.8. The Morgan fingerprint density at radius 3 is 2.40 bits per heavy atom. The summed E-state index contributed by atoms with van der Waals surface area (Å²) in [7, 11) is 0. The van der Waals surface area contributed by atoms with Crippen LogP contribution in [0, 0.1) is 6.92 Å². The molecule has 0 fully saturated rings. The van der Waals surface area contributed by atoms with E-state index in [0.717, 1.165) is 32.0 Å². The normalized spacial score (nSPS) is 11.7. The lowest BCUT2D eigenvalue weighted by atomic mass is 9.98. The van der Waals surface area contributed by atoms with Gasteiger partial charge in [-0.05, 0) is 48.7 Å². The van der Waals surface area contributed by atoms with Gasteiger partial charge >= 0.3 is 5.63 Å². The molecule has 0 aliphatic heterocycles. The molecule has 3 nitrogen and oxygen atoms in total. The van der Waals surface area contributed by atoms with Crippen molar-refractivity contribution in [2.24, 2.45) is 0 Å². The average molecular weight is 397 g/mol.